The van der Waals surface area contributed by atoms with Gasteiger partial charge in [-0.2, -0.15) is 0 Å². The van der Waals surface area contributed by atoms with Crippen LogP contribution >= 0.6 is 0 Å². The van der Waals surface area contributed by atoms with Gasteiger partial charge in [-0.05, 0) is 18.3 Å². The Bertz CT molecular complexity index is 200. The van der Waals surface area contributed by atoms with Crippen LogP contribution in [0.1, 0.15) is 32.6 Å². The maximum Gasteiger partial charge on any atom is 0.155 e. The van der Waals surface area contributed by atoms with Crippen LogP contribution in [-0.4, -0.2) is 17.5 Å². The summed E-state index contributed by atoms with van der Waals surface area (Å²) in [6, 6.07) is 0. The molecule has 0 radical (unpaired) electrons. The SMILES string of the molecule is CCCCC1C=CC2OC(O)CC12. The van der Waals surface area contributed by atoms with Crippen LogP contribution in [0, 0.1) is 11.8 Å². The lowest BCUT2D eigenvalue weighted by molar-refractivity contribution is -0.0783. The van der Waals surface area contributed by atoms with Gasteiger partial charge in [0.25, 0.3) is 0 Å². The van der Waals surface area contributed by atoms with Crippen molar-refractivity contribution in [3.8, 4) is 0 Å². The molecule has 2 nitrogen and oxygen atoms in total. The minimum absolute atomic E-state index is 0.205. The zero-order valence-electron chi connectivity index (χ0n) is 8.15. The minimum atomic E-state index is -0.510. The molecule has 0 amide bonds. The van der Waals surface area contributed by atoms with Crippen molar-refractivity contribution in [1.82, 2.24) is 0 Å². The number of rotatable bonds is 3. The van der Waals surface area contributed by atoms with Crippen molar-refractivity contribution in [3.05, 3.63) is 12.2 Å². The van der Waals surface area contributed by atoms with Crippen LogP contribution in [0.4, 0.5) is 0 Å². The van der Waals surface area contributed by atoms with Crippen molar-refractivity contribution in [1.29, 1.82) is 0 Å². The number of aliphatic hydroxyl groups excluding tert-OH is 1. The molecule has 2 heteroatoms. The van der Waals surface area contributed by atoms with Crippen molar-refractivity contribution in [2.75, 3.05) is 0 Å². The molecule has 1 heterocycles. The number of aliphatic hydroxyl groups is 1. The van der Waals surface area contributed by atoms with Gasteiger partial charge in [0.15, 0.2) is 6.29 Å². The molecule has 4 atom stereocenters. The second kappa shape index (κ2) is 3.81. The number of fused-ring (bicyclic) bond motifs is 1. The molecule has 2 aliphatic rings. The molecule has 13 heavy (non-hydrogen) atoms. The van der Waals surface area contributed by atoms with Gasteiger partial charge < -0.3 is 9.84 Å². The highest BCUT2D eigenvalue weighted by Crippen LogP contribution is 2.39. The maximum atomic E-state index is 9.32. The van der Waals surface area contributed by atoms with Gasteiger partial charge in [0.1, 0.15) is 0 Å². The molecule has 0 spiro atoms. The van der Waals surface area contributed by atoms with E-state index in [-0.39, 0.29) is 6.10 Å². The summed E-state index contributed by atoms with van der Waals surface area (Å²) in [6.07, 6.45) is 8.72. The van der Waals surface area contributed by atoms with Crippen molar-refractivity contribution < 1.29 is 9.84 Å². The number of unbranched alkanes of at least 4 members (excludes halogenated alkanes) is 1. The predicted molar refractivity (Wildman–Crippen MR) is 51.1 cm³/mol. The fourth-order valence-electron chi connectivity index (χ4n) is 2.46. The lowest BCUT2D eigenvalue weighted by Crippen LogP contribution is -2.14. The first-order chi connectivity index (χ1) is 6.31. The molecular weight excluding hydrogens is 164 g/mol. The van der Waals surface area contributed by atoms with E-state index in [1.54, 1.807) is 0 Å². The summed E-state index contributed by atoms with van der Waals surface area (Å²) in [5.74, 6) is 1.21. The third kappa shape index (κ3) is 1.79. The summed E-state index contributed by atoms with van der Waals surface area (Å²) in [4.78, 5) is 0. The number of allylic oxidation sites excluding steroid dienone is 1. The summed E-state index contributed by atoms with van der Waals surface area (Å²) < 4.78 is 5.36. The van der Waals surface area contributed by atoms with Gasteiger partial charge in [-0.3, -0.25) is 0 Å². The number of ether oxygens (including phenoxy) is 1. The Morgan fingerprint density at radius 3 is 3.08 bits per heavy atom. The van der Waals surface area contributed by atoms with E-state index < -0.39 is 6.29 Å². The zero-order valence-corrected chi connectivity index (χ0v) is 8.15. The smallest absolute Gasteiger partial charge is 0.155 e. The average Bonchev–Trinajstić information content (AvgIpc) is 2.61. The molecule has 0 aromatic heterocycles. The van der Waals surface area contributed by atoms with Crippen LogP contribution in [0.2, 0.25) is 0 Å². The van der Waals surface area contributed by atoms with Crippen molar-refractivity contribution in [3.63, 3.8) is 0 Å². The molecule has 1 N–H and O–H groups in total. The Balaban J connectivity index is 1.89. The summed E-state index contributed by atoms with van der Waals surface area (Å²) in [6.45, 7) is 2.22. The molecule has 1 saturated heterocycles. The first kappa shape index (κ1) is 9.22. The first-order valence-corrected chi connectivity index (χ1v) is 5.33. The normalized spacial score (nSPS) is 42.6. The van der Waals surface area contributed by atoms with Crippen LogP contribution < -0.4 is 0 Å². The van der Waals surface area contributed by atoms with Gasteiger partial charge in [0.2, 0.25) is 0 Å². The molecule has 1 aliphatic heterocycles. The monoisotopic (exact) mass is 182 g/mol. The predicted octanol–water partition coefficient (Wildman–Crippen LogP) is 2.09. The van der Waals surface area contributed by atoms with Crippen LogP contribution in [-0.2, 0) is 4.74 Å². The van der Waals surface area contributed by atoms with Gasteiger partial charge in [0, 0.05) is 6.42 Å². The minimum Gasteiger partial charge on any atom is -0.368 e. The molecule has 4 unspecified atom stereocenters. The summed E-state index contributed by atoms with van der Waals surface area (Å²) in [5.41, 5.74) is 0. The molecule has 0 aromatic rings. The Labute approximate surface area is 79.6 Å². The molecule has 0 saturated carbocycles. The largest absolute Gasteiger partial charge is 0.368 e. The van der Waals surface area contributed by atoms with Gasteiger partial charge >= 0.3 is 0 Å². The molecule has 74 valence electrons. The number of hydrogen-bond donors (Lipinski definition) is 1. The van der Waals surface area contributed by atoms with Crippen molar-refractivity contribution in [2.24, 2.45) is 11.8 Å². The highest BCUT2D eigenvalue weighted by atomic mass is 16.6. The summed E-state index contributed by atoms with van der Waals surface area (Å²) in [5, 5.41) is 9.32. The quantitative estimate of drug-likeness (QED) is 0.677. The maximum absolute atomic E-state index is 9.32. The third-order valence-electron chi connectivity index (χ3n) is 3.20. The van der Waals surface area contributed by atoms with E-state index >= 15 is 0 Å². The van der Waals surface area contributed by atoms with Crippen LogP contribution in [0.15, 0.2) is 12.2 Å². The van der Waals surface area contributed by atoms with E-state index in [4.69, 9.17) is 4.74 Å². The molecule has 1 aliphatic carbocycles. The molecular formula is C11H18O2. The van der Waals surface area contributed by atoms with Gasteiger partial charge in [-0.25, -0.2) is 0 Å². The molecule has 0 bridgehead atoms. The number of hydrogen-bond acceptors (Lipinski definition) is 2. The van der Waals surface area contributed by atoms with Crippen LogP contribution in [0.25, 0.3) is 0 Å². The van der Waals surface area contributed by atoms with Crippen LogP contribution in [0.5, 0.6) is 0 Å². The standard InChI is InChI=1S/C11H18O2/c1-2-3-4-8-5-6-10-9(8)7-11(12)13-10/h5-6,8-12H,2-4,7H2,1H3. The lowest BCUT2D eigenvalue weighted by atomic mass is 9.88. The molecule has 0 aromatic carbocycles. The zero-order chi connectivity index (χ0) is 9.26. The second-order valence-electron chi connectivity index (χ2n) is 4.15. The lowest BCUT2D eigenvalue weighted by Gasteiger charge is -2.16. The van der Waals surface area contributed by atoms with E-state index in [0.29, 0.717) is 11.8 Å². The Kier molecular flexibility index (Phi) is 2.70. The fourth-order valence-corrected chi connectivity index (χ4v) is 2.46. The van der Waals surface area contributed by atoms with E-state index in [1.807, 2.05) is 0 Å². The summed E-state index contributed by atoms with van der Waals surface area (Å²) >= 11 is 0. The van der Waals surface area contributed by atoms with Crippen molar-refractivity contribution in [2.45, 2.75) is 45.0 Å². The van der Waals surface area contributed by atoms with Gasteiger partial charge in [0.05, 0.1) is 6.10 Å². The van der Waals surface area contributed by atoms with E-state index in [1.165, 1.54) is 19.3 Å². The topological polar surface area (TPSA) is 29.5 Å². The van der Waals surface area contributed by atoms with E-state index in [2.05, 4.69) is 19.1 Å². The van der Waals surface area contributed by atoms with Gasteiger partial charge in [-0.1, -0.05) is 31.9 Å². The molecule has 2 rings (SSSR count). The van der Waals surface area contributed by atoms with Crippen molar-refractivity contribution >= 4 is 0 Å². The van der Waals surface area contributed by atoms with Gasteiger partial charge in [-0.15, -0.1) is 0 Å². The second-order valence-corrected chi connectivity index (χ2v) is 4.15. The Hall–Kier alpha value is -0.340. The fraction of sp³-hybridized carbons (Fsp3) is 0.818. The Morgan fingerprint density at radius 1 is 1.46 bits per heavy atom. The summed E-state index contributed by atoms with van der Waals surface area (Å²) in [7, 11) is 0. The Morgan fingerprint density at radius 2 is 2.31 bits per heavy atom. The molecule has 1 fully saturated rings. The first-order valence-electron chi connectivity index (χ1n) is 5.33. The van der Waals surface area contributed by atoms with E-state index in [0.717, 1.165) is 6.42 Å². The average molecular weight is 182 g/mol. The highest BCUT2D eigenvalue weighted by Gasteiger charge is 2.39. The van der Waals surface area contributed by atoms with E-state index in [9.17, 15) is 5.11 Å². The highest BCUT2D eigenvalue weighted by molar-refractivity contribution is 5.10. The van der Waals surface area contributed by atoms with Crippen LogP contribution in [0.3, 0.4) is 0 Å². The third-order valence-corrected chi connectivity index (χ3v) is 3.20.